The molecule has 0 aliphatic heterocycles. The molecule has 0 N–H and O–H groups in total. The summed E-state index contributed by atoms with van der Waals surface area (Å²) >= 11 is 0. The summed E-state index contributed by atoms with van der Waals surface area (Å²) in [4.78, 5) is 10.8. The monoisotopic (exact) mass is 348 g/mol. The van der Waals surface area contributed by atoms with Gasteiger partial charge in [-0.25, -0.2) is 0 Å². The van der Waals surface area contributed by atoms with Crippen molar-refractivity contribution in [1.29, 1.82) is 0 Å². The lowest BCUT2D eigenvalue weighted by molar-refractivity contribution is -0.142. The summed E-state index contributed by atoms with van der Waals surface area (Å²) in [5.74, 6) is -0.0157. The first-order valence-corrected chi connectivity index (χ1v) is 6.57. The van der Waals surface area contributed by atoms with Crippen LogP contribution in [-0.2, 0) is 19.0 Å². The van der Waals surface area contributed by atoms with E-state index in [0.29, 0.717) is 24.5 Å². The molecule has 2 rings (SSSR count). The Morgan fingerprint density at radius 1 is 0.917 bits per heavy atom. The Bertz CT molecular complexity index is 734. The van der Waals surface area contributed by atoms with Gasteiger partial charge in [-0.3, -0.25) is 4.79 Å². The Morgan fingerprint density at radius 2 is 1.58 bits per heavy atom. The molecular formula is C16H10F6O2. The van der Waals surface area contributed by atoms with Crippen molar-refractivity contribution in [2.75, 3.05) is 0 Å². The topological polar surface area (TPSA) is 26.3 Å². The highest BCUT2D eigenvalue weighted by Gasteiger charge is 2.37. The number of halogens is 6. The zero-order valence-corrected chi connectivity index (χ0v) is 11.9. The maximum Gasteiger partial charge on any atom is 0.416 e. The van der Waals surface area contributed by atoms with Crippen molar-refractivity contribution in [3.05, 3.63) is 64.7 Å². The average molecular weight is 348 g/mol. The first-order valence-electron chi connectivity index (χ1n) is 6.57. The predicted octanol–water partition coefficient (Wildman–Crippen LogP) is 5.12. The van der Waals surface area contributed by atoms with Gasteiger partial charge in [0.1, 0.15) is 12.4 Å². The van der Waals surface area contributed by atoms with Crippen molar-refractivity contribution in [2.45, 2.75) is 19.0 Å². The third-order valence-electron chi connectivity index (χ3n) is 3.17. The summed E-state index contributed by atoms with van der Waals surface area (Å²) in [6.07, 6.45) is -9.17. The van der Waals surface area contributed by atoms with Crippen LogP contribution in [0.2, 0.25) is 0 Å². The fourth-order valence-corrected chi connectivity index (χ4v) is 2.03. The summed E-state index contributed by atoms with van der Waals surface area (Å²) < 4.78 is 82.1. The van der Waals surface area contributed by atoms with Gasteiger partial charge in [0.15, 0.2) is 6.29 Å². The van der Waals surface area contributed by atoms with Crippen LogP contribution in [0.4, 0.5) is 26.3 Å². The molecule has 0 aliphatic carbocycles. The van der Waals surface area contributed by atoms with Crippen molar-refractivity contribution in [1.82, 2.24) is 0 Å². The number of ether oxygens (including phenoxy) is 1. The maximum absolute atomic E-state index is 13.0. The largest absolute Gasteiger partial charge is 0.488 e. The van der Waals surface area contributed by atoms with E-state index in [-0.39, 0.29) is 11.3 Å². The molecule has 128 valence electrons. The van der Waals surface area contributed by atoms with E-state index < -0.39 is 35.6 Å². The van der Waals surface area contributed by atoms with Gasteiger partial charge in [0.2, 0.25) is 0 Å². The Hall–Kier alpha value is -2.51. The standard InChI is InChI=1S/C16H10F6O2/c17-15(18,19)12-5-6-13(16(20,21)22)11(7-12)9-24-14-4-2-1-3-10(14)8-23/h1-8H,9H2. The molecule has 2 aromatic carbocycles. The maximum atomic E-state index is 13.0. The SMILES string of the molecule is O=Cc1ccccc1OCc1cc(C(F)(F)F)ccc1C(F)(F)F. The molecule has 0 heterocycles. The first kappa shape index (κ1) is 17.8. The van der Waals surface area contributed by atoms with Crippen molar-refractivity contribution in [3.63, 3.8) is 0 Å². The smallest absolute Gasteiger partial charge is 0.416 e. The van der Waals surface area contributed by atoms with Crippen LogP contribution in [0.3, 0.4) is 0 Å². The zero-order chi connectivity index (χ0) is 18.0. The van der Waals surface area contributed by atoms with Crippen molar-refractivity contribution in [2.24, 2.45) is 0 Å². The van der Waals surface area contributed by atoms with E-state index >= 15 is 0 Å². The zero-order valence-electron chi connectivity index (χ0n) is 11.9. The van der Waals surface area contributed by atoms with Gasteiger partial charge in [-0.2, -0.15) is 26.3 Å². The molecule has 2 nitrogen and oxygen atoms in total. The van der Waals surface area contributed by atoms with Crippen LogP contribution in [0.15, 0.2) is 42.5 Å². The van der Waals surface area contributed by atoms with Crippen LogP contribution < -0.4 is 4.74 Å². The molecule has 0 unspecified atom stereocenters. The molecule has 0 spiro atoms. The Morgan fingerprint density at radius 3 is 2.17 bits per heavy atom. The molecular weight excluding hydrogens is 338 g/mol. The minimum absolute atomic E-state index is 0.0157. The van der Waals surface area contributed by atoms with E-state index in [1.807, 2.05) is 0 Å². The van der Waals surface area contributed by atoms with E-state index in [2.05, 4.69) is 0 Å². The highest BCUT2D eigenvalue weighted by atomic mass is 19.4. The third kappa shape index (κ3) is 4.06. The second kappa shape index (κ2) is 6.54. The van der Waals surface area contributed by atoms with Crippen molar-refractivity contribution >= 4 is 6.29 Å². The Labute approximate surface area is 132 Å². The predicted molar refractivity (Wildman–Crippen MR) is 72.6 cm³/mol. The normalized spacial score (nSPS) is 12.1. The molecule has 0 saturated carbocycles. The average Bonchev–Trinajstić information content (AvgIpc) is 2.51. The number of hydrogen-bond acceptors (Lipinski definition) is 2. The number of carbonyl (C=O) groups is 1. The number of aldehydes is 1. The summed E-state index contributed by atoms with van der Waals surface area (Å²) in [5.41, 5.74) is -3.02. The molecule has 0 saturated heterocycles. The lowest BCUT2D eigenvalue weighted by Gasteiger charge is -2.16. The molecule has 0 amide bonds. The van der Waals surface area contributed by atoms with E-state index in [0.717, 1.165) is 0 Å². The lowest BCUT2D eigenvalue weighted by Crippen LogP contribution is -2.14. The molecule has 0 radical (unpaired) electrons. The van der Waals surface area contributed by atoms with Crippen LogP contribution >= 0.6 is 0 Å². The first-order chi connectivity index (χ1) is 11.1. The Balaban J connectivity index is 2.38. The van der Waals surface area contributed by atoms with Gasteiger partial charge in [0, 0.05) is 5.56 Å². The van der Waals surface area contributed by atoms with E-state index in [1.165, 1.54) is 24.3 Å². The summed E-state index contributed by atoms with van der Waals surface area (Å²) in [6, 6.07) is 6.84. The molecule has 0 aliphatic rings. The van der Waals surface area contributed by atoms with Crippen molar-refractivity contribution in [3.8, 4) is 5.75 Å². The van der Waals surface area contributed by atoms with Crippen LogP contribution in [-0.4, -0.2) is 6.29 Å². The molecule has 0 fully saturated rings. The van der Waals surface area contributed by atoms with Gasteiger partial charge in [-0.1, -0.05) is 12.1 Å². The molecule has 0 aromatic heterocycles. The van der Waals surface area contributed by atoms with E-state index in [9.17, 15) is 31.1 Å². The van der Waals surface area contributed by atoms with Crippen LogP contribution in [0.25, 0.3) is 0 Å². The summed E-state index contributed by atoms with van der Waals surface area (Å²) in [7, 11) is 0. The van der Waals surface area contributed by atoms with E-state index in [4.69, 9.17) is 4.74 Å². The van der Waals surface area contributed by atoms with E-state index in [1.54, 1.807) is 0 Å². The molecule has 0 bridgehead atoms. The van der Waals surface area contributed by atoms with Crippen LogP contribution in [0.5, 0.6) is 5.75 Å². The molecule has 2 aromatic rings. The number of carbonyl (C=O) groups excluding carboxylic acids is 1. The van der Waals surface area contributed by atoms with Gasteiger partial charge >= 0.3 is 12.4 Å². The fraction of sp³-hybridized carbons (Fsp3) is 0.188. The minimum atomic E-state index is -4.83. The summed E-state index contributed by atoms with van der Waals surface area (Å²) in [5, 5.41) is 0. The second-order valence-electron chi connectivity index (χ2n) is 4.81. The van der Waals surface area contributed by atoms with Gasteiger partial charge in [0.05, 0.1) is 16.7 Å². The van der Waals surface area contributed by atoms with Gasteiger partial charge in [-0.05, 0) is 30.3 Å². The van der Waals surface area contributed by atoms with Gasteiger partial charge in [-0.15, -0.1) is 0 Å². The Kier molecular flexibility index (Phi) is 4.86. The quantitative estimate of drug-likeness (QED) is 0.567. The lowest BCUT2D eigenvalue weighted by atomic mass is 10.0. The van der Waals surface area contributed by atoms with Crippen LogP contribution in [0, 0.1) is 0 Å². The molecule has 24 heavy (non-hydrogen) atoms. The number of hydrogen-bond donors (Lipinski definition) is 0. The number of benzene rings is 2. The fourth-order valence-electron chi connectivity index (χ4n) is 2.03. The highest BCUT2D eigenvalue weighted by molar-refractivity contribution is 5.79. The second-order valence-corrected chi connectivity index (χ2v) is 4.81. The third-order valence-corrected chi connectivity index (χ3v) is 3.17. The molecule has 0 atom stereocenters. The number of para-hydroxylation sites is 1. The van der Waals surface area contributed by atoms with Gasteiger partial charge in [0.25, 0.3) is 0 Å². The minimum Gasteiger partial charge on any atom is -0.488 e. The van der Waals surface area contributed by atoms with Gasteiger partial charge < -0.3 is 4.74 Å². The summed E-state index contributed by atoms with van der Waals surface area (Å²) in [6.45, 7) is -0.760. The molecule has 8 heteroatoms. The number of alkyl halides is 6. The number of rotatable bonds is 4. The van der Waals surface area contributed by atoms with Crippen molar-refractivity contribution < 1.29 is 35.9 Å². The highest BCUT2D eigenvalue weighted by Crippen LogP contribution is 2.37. The van der Waals surface area contributed by atoms with Crippen LogP contribution in [0.1, 0.15) is 27.0 Å².